The van der Waals surface area contributed by atoms with Crippen molar-refractivity contribution < 1.29 is 9.31 Å². The zero-order chi connectivity index (χ0) is 14.7. The van der Waals surface area contributed by atoms with Crippen molar-refractivity contribution in [1.29, 1.82) is 0 Å². The average Bonchev–Trinajstić information content (AvgIpc) is 2.68. The molecule has 0 spiro atoms. The molecule has 1 aromatic heterocycles. The summed E-state index contributed by atoms with van der Waals surface area (Å²) in [4.78, 5) is 12.8. The highest BCUT2D eigenvalue weighted by atomic mass is 32.1. The summed E-state index contributed by atoms with van der Waals surface area (Å²) >= 11 is 1.69. The predicted octanol–water partition coefficient (Wildman–Crippen LogP) is 3.70. The van der Waals surface area contributed by atoms with Crippen LogP contribution in [-0.2, 0) is 13.1 Å². The maximum Gasteiger partial charge on any atom is 0.274 e. The van der Waals surface area contributed by atoms with Crippen molar-refractivity contribution in [2.45, 2.75) is 26.9 Å². The first kappa shape index (κ1) is 14.6. The number of nitrogens with zero attached hydrogens (tertiary/aromatic N) is 1. The lowest BCUT2D eigenvalue weighted by atomic mass is 10.1. The normalized spacial score (nSPS) is 10.8. The standard InChI is InChI=1S/C14H15FN2O2S/c1-9-5-13(20-10(9)2)8-16-7-11-6-12(15)3-4-14(11)17(18)19/h3-6,16H,7-8H2,1-2H3. The van der Waals surface area contributed by atoms with Crippen LogP contribution in [0.3, 0.4) is 0 Å². The molecule has 0 aliphatic carbocycles. The van der Waals surface area contributed by atoms with Crippen LogP contribution in [-0.4, -0.2) is 4.92 Å². The fraction of sp³-hybridized carbons (Fsp3) is 0.286. The minimum absolute atomic E-state index is 0.0579. The number of nitrogens with one attached hydrogen (secondary N) is 1. The summed E-state index contributed by atoms with van der Waals surface area (Å²) in [7, 11) is 0. The van der Waals surface area contributed by atoms with Crippen LogP contribution in [0.2, 0.25) is 0 Å². The van der Waals surface area contributed by atoms with E-state index in [1.54, 1.807) is 11.3 Å². The molecule has 0 unspecified atom stereocenters. The maximum atomic E-state index is 13.2. The molecule has 2 aromatic rings. The van der Waals surface area contributed by atoms with Crippen molar-refractivity contribution in [2.75, 3.05) is 0 Å². The summed E-state index contributed by atoms with van der Waals surface area (Å²) in [5.41, 5.74) is 1.54. The molecular formula is C14H15FN2O2S. The minimum Gasteiger partial charge on any atom is -0.308 e. The van der Waals surface area contributed by atoms with Crippen molar-refractivity contribution in [1.82, 2.24) is 5.32 Å². The van der Waals surface area contributed by atoms with Gasteiger partial charge in [-0.2, -0.15) is 0 Å². The van der Waals surface area contributed by atoms with Gasteiger partial charge < -0.3 is 5.32 Å². The van der Waals surface area contributed by atoms with Gasteiger partial charge in [-0.15, -0.1) is 11.3 Å². The second-order valence-electron chi connectivity index (χ2n) is 4.59. The van der Waals surface area contributed by atoms with E-state index in [0.717, 1.165) is 6.07 Å². The highest BCUT2D eigenvalue weighted by Crippen LogP contribution is 2.22. The largest absolute Gasteiger partial charge is 0.308 e. The van der Waals surface area contributed by atoms with Gasteiger partial charge in [-0.05, 0) is 37.6 Å². The Hall–Kier alpha value is -1.79. The van der Waals surface area contributed by atoms with Gasteiger partial charge in [-0.1, -0.05) is 0 Å². The molecule has 0 fully saturated rings. The molecule has 0 bridgehead atoms. The van der Waals surface area contributed by atoms with Crippen molar-refractivity contribution in [3.05, 3.63) is 61.1 Å². The summed E-state index contributed by atoms with van der Waals surface area (Å²) in [6.07, 6.45) is 0. The van der Waals surface area contributed by atoms with Crippen molar-refractivity contribution in [3.63, 3.8) is 0 Å². The molecule has 0 amide bonds. The molecule has 1 N–H and O–H groups in total. The second kappa shape index (κ2) is 6.11. The van der Waals surface area contributed by atoms with E-state index in [4.69, 9.17) is 0 Å². The third-order valence-electron chi connectivity index (χ3n) is 3.07. The van der Waals surface area contributed by atoms with E-state index < -0.39 is 10.7 Å². The van der Waals surface area contributed by atoms with E-state index in [9.17, 15) is 14.5 Å². The van der Waals surface area contributed by atoms with E-state index in [1.807, 2.05) is 6.92 Å². The molecule has 0 radical (unpaired) electrons. The Labute approximate surface area is 120 Å². The highest BCUT2D eigenvalue weighted by molar-refractivity contribution is 7.12. The van der Waals surface area contributed by atoms with Crippen molar-refractivity contribution in [2.24, 2.45) is 0 Å². The van der Waals surface area contributed by atoms with Gasteiger partial charge in [-0.25, -0.2) is 4.39 Å². The Kier molecular flexibility index (Phi) is 4.46. The highest BCUT2D eigenvalue weighted by Gasteiger charge is 2.14. The van der Waals surface area contributed by atoms with Gasteiger partial charge in [0, 0.05) is 34.5 Å². The second-order valence-corrected chi connectivity index (χ2v) is 5.93. The Morgan fingerprint density at radius 1 is 1.30 bits per heavy atom. The van der Waals surface area contributed by atoms with Crippen LogP contribution in [0.25, 0.3) is 0 Å². The monoisotopic (exact) mass is 294 g/mol. The number of benzene rings is 1. The lowest BCUT2D eigenvalue weighted by molar-refractivity contribution is -0.385. The zero-order valence-corrected chi connectivity index (χ0v) is 12.1. The first-order valence-electron chi connectivity index (χ1n) is 6.17. The van der Waals surface area contributed by atoms with Gasteiger partial charge in [0.05, 0.1) is 4.92 Å². The summed E-state index contributed by atoms with van der Waals surface area (Å²) < 4.78 is 13.2. The van der Waals surface area contributed by atoms with Crippen LogP contribution in [0, 0.1) is 29.8 Å². The molecule has 0 aliphatic heterocycles. The first-order valence-corrected chi connectivity index (χ1v) is 6.98. The van der Waals surface area contributed by atoms with Crippen LogP contribution in [0.1, 0.15) is 20.9 Å². The number of hydrogen-bond acceptors (Lipinski definition) is 4. The SMILES string of the molecule is Cc1cc(CNCc2cc(F)ccc2[N+](=O)[O-])sc1C. The average molecular weight is 294 g/mol. The van der Waals surface area contributed by atoms with Crippen LogP contribution in [0.5, 0.6) is 0 Å². The summed E-state index contributed by atoms with van der Waals surface area (Å²) in [6.45, 7) is 4.99. The molecule has 106 valence electrons. The third-order valence-corrected chi connectivity index (χ3v) is 4.22. The number of nitro benzene ring substituents is 1. The molecule has 1 aromatic carbocycles. The van der Waals surface area contributed by atoms with E-state index in [-0.39, 0.29) is 12.2 Å². The number of rotatable bonds is 5. The zero-order valence-electron chi connectivity index (χ0n) is 11.3. The Bertz CT molecular complexity index is 621. The van der Waals surface area contributed by atoms with Crippen LogP contribution < -0.4 is 5.32 Å². The molecule has 0 saturated carbocycles. The van der Waals surface area contributed by atoms with Gasteiger partial charge in [-0.3, -0.25) is 10.1 Å². The smallest absolute Gasteiger partial charge is 0.274 e. The molecule has 20 heavy (non-hydrogen) atoms. The molecule has 1 heterocycles. The Balaban J connectivity index is 2.03. The fourth-order valence-electron chi connectivity index (χ4n) is 1.93. The lowest BCUT2D eigenvalue weighted by Gasteiger charge is -2.04. The van der Waals surface area contributed by atoms with Gasteiger partial charge in [0.1, 0.15) is 5.82 Å². The summed E-state index contributed by atoms with van der Waals surface area (Å²) in [6, 6.07) is 5.60. The van der Waals surface area contributed by atoms with Crippen LogP contribution >= 0.6 is 11.3 Å². The van der Waals surface area contributed by atoms with E-state index in [1.165, 1.54) is 27.5 Å². The van der Waals surface area contributed by atoms with E-state index in [0.29, 0.717) is 12.1 Å². The van der Waals surface area contributed by atoms with Crippen molar-refractivity contribution in [3.8, 4) is 0 Å². The number of aryl methyl sites for hydroxylation is 2. The van der Waals surface area contributed by atoms with Gasteiger partial charge in [0.2, 0.25) is 0 Å². The van der Waals surface area contributed by atoms with Crippen LogP contribution in [0.4, 0.5) is 10.1 Å². The van der Waals surface area contributed by atoms with Gasteiger partial charge in [0.25, 0.3) is 5.69 Å². The number of nitro groups is 1. The third kappa shape index (κ3) is 3.40. The predicted molar refractivity (Wildman–Crippen MR) is 77.4 cm³/mol. The fourth-order valence-corrected chi connectivity index (χ4v) is 2.95. The van der Waals surface area contributed by atoms with E-state index >= 15 is 0 Å². The van der Waals surface area contributed by atoms with Crippen molar-refractivity contribution >= 4 is 17.0 Å². The van der Waals surface area contributed by atoms with Gasteiger partial charge >= 0.3 is 0 Å². The molecule has 0 saturated heterocycles. The number of thiophene rings is 1. The maximum absolute atomic E-state index is 13.2. The Morgan fingerprint density at radius 3 is 2.65 bits per heavy atom. The topological polar surface area (TPSA) is 55.2 Å². The molecule has 0 aliphatic rings. The minimum atomic E-state index is -0.490. The molecule has 0 atom stereocenters. The van der Waals surface area contributed by atoms with E-state index in [2.05, 4.69) is 18.3 Å². The summed E-state index contributed by atoms with van der Waals surface area (Å²) in [5, 5.41) is 14.0. The molecule has 2 rings (SSSR count). The lowest BCUT2D eigenvalue weighted by Crippen LogP contribution is -2.13. The molecule has 4 nitrogen and oxygen atoms in total. The quantitative estimate of drug-likeness (QED) is 0.675. The Morgan fingerprint density at radius 2 is 2.05 bits per heavy atom. The number of hydrogen-bond donors (Lipinski definition) is 1. The molecule has 6 heteroatoms. The molecular weight excluding hydrogens is 279 g/mol. The number of halogens is 1. The summed E-state index contributed by atoms with van der Waals surface area (Å²) in [5.74, 6) is -0.463. The first-order chi connectivity index (χ1) is 9.47. The van der Waals surface area contributed by atoms with Crippen LogP contribution in [0.15, 0.2) is 24.3 Å². The van der Waals surface area contributed by atoms with Gasteiger partial charge in [0.15, 0.2) is 0 Å².